The average molecular weight is 287 g/mol. The lowest BCUT2D eigenvalue weighted by atomic mass is 9.97. The number of amides is 3. The Bertz CT molecular complexity index is 385. The summed E-state index contributed by atoms with van der Waals surface area (Å²) in [6, 6.07) is -1.47. The first-order valence-corrected chi connectivity index (χ1v) is 6.47. The van der Waals surface area contributed by atoms with Crippen LogP contribution in [-0.4, -0.2) is 77.8 Å². The molecular formula is C12H21N3O5. The Morgan fingerprint density at radius 3 is 2.55 bits per heavy atom. The Kier molecular flexibility index (Phi) is 5.75. The Morgan fingerprint density at radius 2 is 2.05 bits per heavy atom. The Labute approximate surface area is 117 Å². The SMILES string of the molecule is CN(C)C(=O)N1CCCC(C(=O)N[C@@H](CO)C(=O)O)C1. The molecule has 0 aromatic rings. The second kappa shape index (κ2) is 7.09. The molecule has 0 aromatic heterocycles. The van der Waals surface area contributed by atoms with E-state index in [1.807, 2.05) is 0 Å². The highest BCUT2D eigenvalue weighted by Gasteiger charge is 2.31. The van der Waals surface area contributed by atoms with Gasteiger partial charge in [0.25, 0.3) is 0 Å². The highest BCUT2D eigenvalue weighted by Crippen LogP contribution is 2.17. The van der Waals surface area contributed by atoms with Crippen molar-refractivity contribution in [2.24, 2.45) is 5.92 Å². The van der Waals surface area contributed by atoms with E-state index in [0.29, 0.717) is 19.4 Å². The maximum Gasteiger partial charge on any atom is 0.328 e. The van der Waals surface area contributed by atoms with E-state index in [9.17, 15) is 14.4 Å². The topological polar surface area (TPSA) is 110 Å². The van der Waals surface area contributed by atoms with Gasteiger partial charge in [-0.1, -0.05) is 0 Å². The predicted molar refractivity (Wildman–Crippen MR) is 70.0 cm³/mol. The van der Waals surface area contributed by atoms with Crippen molar-refractivity contribution in [3.63, 3.8) is 0 Å². The number of rotatable bonds is 4. The van der Waals surface area contributed by atoms with Crippen LogP contribution in [0.1, 0.15) is 12.8 Å². The Balaban J connectivity index is 2.60. The molecule has 0 radical (unpaired) electrons. The van der Waals surface area contributed by atoms with Gasteiger partial charge in [-0.15, -0.1) is 0 Å². The van der Waals surface area contributed by atoms with E-state index < -0.39 is 30.4 Å². The van der Waals surface area contributed by atoms with Gasteiger partial charge in [0.1, 0.15) is 6.04 Å². The first-order chi connectivity index (χ1) is 9.36. The number of hydrogen-bond acceptors (Lipinski definition) is 4. The third kappa shape index (κ3) is 4.09. The number of carboxylic acids is 1. The van der Waals surface area contributed by atoms with Gasteiger partial charge in [0.05, 0.1) is 12.5 Å². The fourth-order valence-electron chi connectivity index (χ4n) is 2.12. The third-order valence-corrected chi connectivity index (χ3v) is 3.24. The summed E-state index contributed by atoms with van der Waals surface area (Å²) in [4.78, 5) is 37.6. The molecule has 0 bridgehead atoms. The zero-order chi connectivity index (χ0) is 15.3. The van der Waals surface area contributed by atoms with Gasteiger partial charge >= 0.3 is 12.0 Å². The fourth-order valence-corrected chi connectivity index (χ4v) is 2.12. The maximum absolute atomic E-state index is 12.0. The van der Waals surface area contributed by atoms with Crippen LogP contribution >= 0.6 is 0 Å². The molecule has 114 valence electrons. The number of carboxylic acid groups (broad SMARTS) is 1. The number of nitrogens with one attached hydrogen (secondary N) is 1. The highest BCUT2D eigenvalue weighted by molar-refractivity contribution is 5.85. The Hall–Kier alpha value is -1.83. The lowest BCUT2D eigenvalue weighted by Gasteiger charge is -2.34. The summed E-state index contributed by atoms with van der Waals surface area (Å²) in [6.07, 6.45) is 1.29. The molecule has 1 heterocycles. The molecule has 0 aliphatic carbocycles. The van der Waals surface area contributed by atoms with Crippen LogP contribution in [0.4, 0.5) is 4.79 Å². The number of aliphatic carboxylic acids is 1. The number of urea groups is 1. The smallest absolute Gasteiger partial charge is 0.328 e. The van der Waals surface area contributed by atoms with E-state index in [0.717, 1.165) is 0 Å². The van der Waals surface area contributed by atoms with Crippen LogP contribution in [0.5, 0.6) is 0 Å². The highest BCUT2D eigenvalue weighted by atomic mass is 16.4. The summed E-state index contributed by atoms with van der Waals surface area (Å²) in [6.45, 7) is 0.192. The van der Waals surface area contributed by atoms with E-state index in [4.69, 9.17) is 10.2 Å². The lowest BCUT2D eigenvalue weighted by molar-refractivity contribution is -0.143. The van der Waals surface area contributed by atoms with Crippen molar-refractivity contribution in [3.05, 3.63) is 0 Å². The molecule has 8 nitrogen and oxygen atoms in total. The molecule has 3 amide bonds. The second-order valence-corrected chi connectivity index (χ2v) is 5.04. The van der Waals surface area contributed by atoms with Crippen molar-refractivity contribution >= 4 is 17.9 Å². The molecule has 1 fully saturated rings. The molecule has 1 aliphatic heterocycles. The van der Waals surface area contributed by atoms with Crippen molar-refractivity contribution in [1.82, 2.24) is 15.1 Å². The van der Waals surface area contributed by atoms with Crippen LogP contribution < -0.4 is 5.32 Å². The van der Waals surface area contributed by atoms with Crippen LogP contribution in [0, 0.1) is 5.92 Å². The van der Waals surface area contributed by atoms with Crippen molar-refractivity contribution in [1.29, 1.82) is 0 Å². The van der Waals surface area contributed by atoms with Gasteiger partial charge in [-0.05, 0) is 12.8 Å². The molecule has 0 saturated carbocycles. The van der Waals surface area contributed by atoms with E-state index >= 15 is 0 Å². The number of piperidine rings is 1. The minimum absolute atomic E-state index is 0.167. The standard InChI is InChI=1S/C12H21N3O5/c1-14(2)12(20)15-5-3-4-8(6-15)10(17)13-9(7-16)11(18)19/h8-9,16H,3-7H2,1-2H3,(H,13,17)(H,18,19)/t8?,9-/m0/s1. The number of likely N-dealkylation sites (tertiary alicyclic amines) is 1. The predicted octanol–water partition coefficient (Wildman–Crippen LogP) is -1.06. The zero-order valence-electron chi connectivity index (χ0n) is 11.7. The van der Waals surface area contributed by atoms with Crippen molar-refractivity contribution < 1.29 is 24.6 Å². The maximum atomic E-state index is 12.0. The van der Waals surface area contributed by atoms with Crippen molar-refractivity contribution in [2.75, 3.05) is 33.8 Å². The van der Waals surface area contributed by atoms with Gasteiger partial charge in [0.15, 0.2) is 0 Å². The average Bonchev–Trinajstić information content (AvgIpc) is 2.43. The number of aliphatic hydroxyl groups is 1. The van der Waals surface area contributed by atoms with Gasteiger partial charge in [0, 0.05) is 27.2 Å². The molecule has 8 heteroatoms. The van der Waals surface area contributed by atoms with E-state index in [2.05, 4.69) is 5.32 Å². The van der Waals surface area contributed by atoms with Gasteiger partial charge in [-0.25, -0.2) is 9.59 Å². The molecule has 1 rings (SSSR count). The van der Waals surface area contributed by atoms with Gasteiger partial charge < -0.3 is 25.3 Å². The summed E-state index contributed by atoms with van der Waals surface area (Å²) in [5, 5.41) is 20.0. The molecule has 1 aliphatic rings. The third-order valence-electron chi connectivity index (χ3n) is 3.24. The number of aliphatic hydroxyl groups excluding tert-OH is 1. The molecule has 0 aromatic carbocycles. The van der Waals surface area contributed by atoms with Gasteiger partial charge in [0.2, 0.25) is 5.91 Å². The van der Waals surface area contributed by atoms with Crippen molar-refractivity contribution in [3.8, 4) is 0 Å². The van der Waals surface area contributed by atoms with Crippen LogP contribution in [-0.2, 0) is 9.59 Å². The molecule has 1 unspecified atom stereocenters. The minimum Gasteiger partial charge on any atom is -0.480 e. The van der Waals surface area contributed by atoms with Gasteiger partial charge in [-0.2, -0.15) is 0 Å². The monoisotopic (exact) mass is 287 g/mol. The number of nitrogens with zero attached hydrogens (tertiary/aromatic N) is 2. The van der Waals surface area contributed by atoms with E-state index in [1.165, 1.54) is 4.90 Å². The zero-order valence-corrected chi connectivity index (χ0v) is 11.7. The number of carbonyl (C=O) groups is 3. The van der Waals surface area contributed by atoms with Crippen LogP contribution in [0.2, 0.25) is 0 Å². The molecule has 20 heavy (non-hydrogen) atoms. The molecular weight excluding hydrogens is 266 g/mol. The largest absolute Gasteiger partial charge is 0.480 e. The number of carbonyl (C=O) groups excluding carboxylic acids is 2. The second-order valence-electron chi connectivity index (χ2n) is 5.04. The van der Waals surface area contributed by atoms with E-state index in [1.54, 1.807) is 19.0 Å². The first kappa shape index (κ1) is 16.2. The summed E-state index contributed by atoms with van der Waals surface area (Å²) < 4.78 is 0. The molecule has 2 atom stereocenters. The lowest BCUT2D eigenvalue weighted by Crippen LogP contribution is -2.51. The van der Waals surface area contributed by atoms with Crippen molar-refractivity contribution in [2.45, 2.75) is 18.9 Å². The van der Waals surface area contributed by atoms with E-state index in [-0.39, 0.29) is 12.6 Å². The summed E-state index contributed by atoms with van der Waals surface area (Å²) in [5.41, 5.74) is 0. The fraction of sp³-hybridized carbons (Fsp3) is 0.750. The quantitative estimate of drug-likeness (QED) is 0.610. The van der Waals surface area contributed by atoms with Crippen LogP contribution in [0.3, 0.4) is 0 Å². The molecule has 1 saturated heterocycles. The normalized spacial score (nSPS) is 20.1. The summed E-state index contributed by atoms with van der Waals surface area (Å²) in [7, 11) is 3.27. The summed E-state index contributed by atoms with van der Waals surface area (Å²) >= 11 is 0. The minimum atomic E-state index is -1.30. The van der Waals surface area contributed by atoms with Crippen LogP contribution in [0.15, 0.2) is 0 Å². The van der Waals surface area contributed by atoms with Gasteiger partial charge in [-0.3, -0.25) is 4.79 Å². The molecule has 0 spiro atoms. The number of hydrogen-bond donors (Lipinski definition) is 3. The first-order valence-electron chi connectivity index (χ1n) is 6.47. The Morgan fingerprint density at radius 1 is 1.40 bits per heavy atom. The summed E-state index contributed by atoms with van der Waals surface area (Å²) in [5.74, 6) is -2.17. The molecule has 3 N–H and O–H groups in total. The van der Waals surface area contributed by atoms with Crippen LogP contribution in [0.25, 0.3) is 0 Å².